The summed E-state index contributed by atoms with van der Waals surface area (Å²) in [5.74, 6) is -0.667. The average Bonchev–Trinajstić information content (AvgIpc) is 3.14. The maximum Gasteiger partial charge on any atom is 0.188 e. The van der Waals surface area contributed by atoms with Crippen molar-refractivity contribution in [1.29, 1.82) is 0 Å². The zero-order chi connectivity index (χ0) is 18.7. The number of carbonyl (C=O) groups excluding carboxylic acids is 1. The van der Waals surface area contributed by atoms with Gasteiger partial charge in [-0.2, -0.15) is 0 Å². The molecule has 26 heavy (non-hydrogen) atoms. The van der Waals surface area contributed by atoms with Crippen LogP contribution in [0.4, 0.5) is 4.39 Å². The second kappa shape index (κ2) is 7.25. The Hall–Kier alpha value is -2.73. The normalized spacial score (nSPS) is 12.7. The van der Waals surface area contributed by atoms with E-state index in [0.717, 1.165) is 5.56 Å². The lowest BCUT2D eigenvalue weighted by molar-refractivity contribution is 0.0978. The van der Waals surface area contributed by atoms with Crippen molar-refractivity contribution in [1.82, 2.24) is 0 Å². The van der Waals surface area contributed by atoms with Crippen LogP contribution in [0.2, 0.25) is 0 Å². The number of furan rings is 1. The van der Waals surface area contributed by atoms with Gasteiger partial charge in [-0.05, 0) is 55.5 Å². The SMILES string of the molecule is Cc1ccc(S(=O)(=O)C(CC(=O)c2ccc(F)cc2)c2ccco2)cc1. The molecule has 0 saturated carbocycles. The predicted molar refractivity (Wildman–Crippen MR) is 95.2 cm³/mol. The molecule has 3 aromatic rings. The number of Topliss-reactive ketones (excluding diaryl/α,β-unsaturated/α-hetero) is 1. The number of aryl methyl sites for hydroxylation is 1. The number of hydrogen-bond donors (Lipinski definition) is 0. The van der Waals surface area contributed by atoms with Gasteiger partial charge >= 0.3 is 0 Å². The fraction of sp³-hybridized carbons (Fsp3) is 0.150. The minimum absolute atomic E-state index is 0.122. The van der Waals surface area contributed by atoms with Crippen LogP contribution in [0.5, 0.6) is 0 Å². The third-order valence-corrected chi connectivity index (χ3v) is 6.20. The van der Waals surface area contributed by atoms with Crippen LogP contribution < -0.4 is 0 Å². The van der Waals surface area contributed by atoms with Crippen molar-refractivity contribution >= 4 is 15.6 Å². The number of rotatable bonds is 6. The van der Waals surface area contributed by atoms with Crippen LogP contribution in [0.15, 0.2) is 76.2 Å². The molecule has 0 N–H and O–H groups in total. The molecular formula is C20H17FO4S. The monoisotopic (exact) mass is 372 g/mol. The summed E-state index contributed by atoms with van der Waals surface area (Å²) in [6.45, 7) is 1.86. The molecule has 0 amide bonds. The van der Waals surface area contributed by atoms with E-state index < -0.39 is 26.7 Å². The molecule has 0 saturated heterocycles. The Morgan fingerprint density at radius 2 is 1.69 bits per heavy atom. The van der Waals surface area contributed by atoms with Gasteiger partial charge in [0.25, 0.3) is 0 Å². The lowest BCUT2D eigenvalue weighted by Gasteiger charge is -2.15. The molecule has 0 aliphatic carbocycles. The van der Waals surface area contributed by atoms with E-state index >= 15 is 0 Å². The second-order valence-electron chi connectivity index (χ2n) is 6.00. The highest BCUT2D eigenvalue weighted by Crippen LogP contribution is 2.33. The van der Waals surface area contributed by atoms with Gasteiger partial charge in [-0.25, -0.2) is 12.8 Å². The van der Waals surface area contributed by atoms with Gasteiger partial charge in [-0.1, -0.05) is 17.7 Å². The molecule has 6 heteroatoms. The van der Waals surface area contributed by atoms with Gasteiger partial charge in [0.05, 0.1) is 11.2 Å². The smallest absolute Gasteiger partial charge is 0.188 e. The van der Waals surface area contributed by atoms with E-state index in [1.165, 1.54) is 48.7 Å². The highest BCUT2D eigenvalue weighted by Gasteiger charge is 2.33. The molecule has 0 radical (unpaired) electrons. The van der Waals surface area contributed by atoms with Gasteiger partial charge in [0, 0.05) is 12.0 Å². The van der Waals surface area contributed by atoms with E-state index in [0.29, 0.717) is 0 Å². The van der Waals surface area contributed by atoms with Crippen LogP contribution in [0.25, 0.3) is 0 Å². The van der Waals surface area contributed by atoms with Crippen molar-refractivity contribution in [3.63, 3.8) is 0 Å². The van der Waals surface area contributed by atoms with Crippen molar-refractivity contribution in [2.75, 3.05) is 0 Å². The first-order valence-corrected chi connectivity index (χ1v) is 9.55. The number of carbonyl (C=O) groups is 1. The predicted octanol–water partition coefficient (Wildman–Crippen LogP) is 4.52. The van der Waals surface area contributed by atoms with Gasteiger partial charge in [-0.15, -0.1) is 0 Å². The Kier molecular flexibility index (Phi) is 5.04. The molecule has 0 spiro atoms. The summed E-state index contributed by atoms with van der Waals surface area (Å²) in [5, 5.41) is -1.15. The van der Waals surface area contributed by atoms with Crippen LogP contribution in [-0.4, -0.2) is 14.2 Å². The van der Waals surface area contributed by atoms with Crippen molar-refractivity contribution in [2.45, 2.75) is 23.5 Å². The zero-order valence-corrected chi connectivity index (χ0v) is 14.9. The molecule has 0 aliphatic rings. The number of ketones is 1. The van der Waals surface area contributed by atoms with E-state index in [-0.39, 0.29) is 22.6 Å². The third kappa shape index (κ3) is 3.75. The standard InChI is InChI=1S/C20H17FO4S/c1-14-4-10-17(11-5-14)26(23,24)20(19-3-2-12-25-19)13-18(22)15-6-8-16(21)9-7-15/h2-12,20H,13H2,1H3. The molecule has 4 nitrogen and oxygen atoms in total. The van der Waals surface area contributed by atoms with E-state index in [2.05, 4.69) is 0 Å². The van der Waals surface area contributed by atoms with Crippen LogP contribution in [0, 0.1) is 12.7 Å². The van der Waals surface area contributed by atoms with Gasteiger partial charge in [0.15, 0.2) is 15.6 Å². The summed E-state index contributed by atoms with van der Waals surface area (Å²) >= 11 is 0. The maximum absolute atomic E-state index is 13.1. The molecule has 0 fully saturated rings. The van der Waals surface area contributed by atoms with Gasteiger partial charge in [0.2, 0.25) is 0 Å². The molecule has 3 rings (SSSR count). The lowest BCUT2D eigenvalue weighted by Crippen LogP contribution is -2.17. The largest absolute Gasteiger partial charge is 0.468 e. The van der Waals surface area contributed by atoms with Crippen LogP contribution >= 0.6 is 0 Å². The van der Waals surface area contributed by atoms with Gasteiger partial charge in [0.1, 0.15) is 16.8 Å². The van der Waals surface area contributed by atoms with E-state index in [1.807, 2.05) is 6.92 Å². The fourth-order valence-corrected chi connectivity index (χ4v) is 4.31. The molecule has 1 atom stereocenters. The van der Waals surface area contributed by atoms with Crippen molar-refractivity contribution in [3.05, 3.63) is 89.6 Å². The fourth-order valence-electron chi connectivity index (χ4n) is 2.65. The van der Waals surface area contributed by atoms with E-state index in [1.54, 1.807) is 18.2 Å². The minimum Gasteiger partial charge on any atom is -0.468 e. The third-order valence-electron chi connectivity index (χ3n) is 4.12. The summed E-state index contributed by atoms with van der Waals surface area (Å²) in [5.41, 5.74) is 1.18. The number of sulfone groups is 1. The molecule has 1 heterocycles. The summed E-state index contributed by atoms with van der Waals surface area (Å²) in [4.78, 5) is 12.7. The molecule has 0 aliphatic heterocycles. The Morgan fingerprint density at radius 1 is 1.04 bits per heavy atom. The van der Waals surface area contributed by atoms with Gasteiger partial charge < -0.3 is 4.42 Å². The lowest BCUT2D eigenvalue weighted by atomic mass is 10.1. The summed E-state index contributed by atoms with van der Waals surface area (Å²) < 4.78 is 44.5. The number of hydrogen-bond acceptors (Lipinski definition) is 4. The minimum atomic E-state index is -3.84. The molecule has 2 aromatic carbocycles. The molecule has 1 aromatic heterocycles. The Morgan fingerprint density at radius 3 is 2.27 bits per heavy atom. The maximum atomic E-state index is 13.1. The van der Waals surface area contributed by atoms with Crippen LogP contribution in [0.1, 0.15) is 33.4 Å². The Balaban J connectivity index is 1.97. The molecule has 1 unspecified atom stereocenters. The van der Waals surface area contributed by atoms with Crippen LogP contribution in [-0.2, 0) is 9.84 Å². The van der Waals surface area contributed by atoms with Crippen LogP contribution in [0.3, 0.4) is 0 Å². The highest BCUT2D eigenvalue weighted by molar-refractivity contribution is 7.91. The molecule has 134 valence electrons. The first-order chi connectivity index (χ1) is 12.4. The second-order valence-corrected chi connectivity index (χ2v) is 8.13. The van der Waals surface area contributed by atoms with Crippen molar-refractivity contribution in [3.8, 4) is 0 Å². The first-order valence-electron chi connectivity index (χ1n) is 8.00. The van der Waals surface area contributed by atoms with E-state index in [9.17, 15) is 17.6 Å². The van der Waals surface area contributed by atoms with Crippen molar-refractivity contribution < 1.29 is 22.0 Å². The molecule has 0 bridgehead atoms. The topological polar surface area (TPSA) is 64.3 Å². The van der Waals surface area contributed by atoms with Crippen molar-refractivity contribution in [2.24, 2.45) is 0 Å². The first kappa shape index (κ1) is 18.1. The average molecular weight is 372 g/mol. The quantitative estimate of drug-likeness (QED) is 0.597. The summed E-state index contributed by atoms with van der Waals surface area (Å²) in [6.07, 6.45) is 1.07. The summed E-state index contributed by atoms with van der Waals surface area (Å²) in [6, 6.07) is 14.6. The van der Waals surface area contributed by atoms with E-state index in [4.69, 9.17) is 4.42 Å². The number of halogens is 1. The highest BCUT2D eigenvalue weighted by atomic mass is 32.2. The Bertz CT molecular complexity index is 989. The summed E-state index contributed by atoms with van der Waals surface area (Å²) in [7, 11) is -3.84. The van der Waals surface area contributed by atoms with Gasteiger partial charge in [-0.3, -0.25) is 4.79 Å². The number of benzene rings is 2. The zero-order valence-electron chi connectivity index (χ0n) is 14.1. The molecular weight excluding hydrogens is 355 g/mol. The Labute approximate surface area is 151 Å².